The largest absolute Gasteiger partial charge is 0.499 e. The second-order valence-electron chi connectivity index (χ2n) is 1.19. The van der Waals surface area contributed by atoms with Crippen molar-refractivity contribution in [2.24, 2.45) is 5.18 Å². The Morgan fingerprint density at radius 2 is 2.50 bits per heavy atom. The second kappa shape index (κ2) is 6.14. The lowest BCUT2D eigenvalue weighted by molar-refractivity contribution is 0.259. The summed E-state index contributed by atoms with van der Waals surface area (Å²) in [6.45, 7) is 2.45. The van der Waals surface area contributed by atoms with Gasteiger partial charge in [-0.3, -0.25) is 0 Å². The van der Waals surface area contributed by atoms with E-state index in [1.807, 2.05) is 6.92 Å². The first-order valence-electron chi connectivity index (χ1n) is 2.43. The first-order chi connectivity index (χ1) is 3.91. The minimum atomic E-state index is 0.227. The third kappa shape index (κ3) is 5.14. The molecule has 0 fully saturated rings. The summed E-state index contributed by atoms with van der Waals surface area (Å²) in [6, 6.07) is 0. The van der Waals surface area contributed by atoms with Crippen molar-refractivity contribution in [3.63, 3.8) is 0 Å². The molecule has 3 heteroatoms. The highest BCUT2D eigenvalue weighted by Gasteiger charge is 1.77. The molecule has 0 amide bonds. The fourth-order valence-corrected chi connectivity index (χ4v) is 0.254. The van der Waals surface area contributed by atoms with E-state index >= 15 is 0 Å². The number of nitroso groups, excluding NO2 is 1. The SMILES string of the molecule is C/C=C/OCCN=O. The minimum absolute atomic E-state index is 0.227. The zero-order valence-electron chi connectivity index (χ0n) is 4.83. The van der Waals surface area contributed by atoms with Crippen molar-refractivity contribution >= 4 is 0 Å². The molecule has 0 aromatic rings. The first kappa shape index (κ1) is 7.14. The standard InChI is InChI=1S/C5H9NO2/c1-2-4-8-5-3-6-7/h2,4H,3,5H2,1H3/b4-2+. The van der Waals surface area contributed by atoms with Gasteiger partial charge in [-0.05, 0) is 6.92 Å². The summed E-state index contributed by atoms with van der Waals surface area (Å²) < 4.78 is 4.75. The molecule has 8 heavy (non-hydrogen) atoms. The van der Waals surface area contributed by atoms with Gasteiger partial charge >= 0.3 is 0 Å². The highest BCUT2D eigenvalue weighted by Crippen LogP contribution is 1.76. The van der Waals surface area contributed by atoms with Crippen molar-refractivity contribution in [3.05, 3.63) is 17.2 Å². The van der Waals surface area contributed by atoms with Crippen LogP contribution in [0.4, 0.5) is 0 Å². The predicted octanol–water partition coefficient (Wildman–Crippen LogP) is 1.30. The summed E-state index contributed by atoms with van der Waals surface area (Å²) >= 11 is 0. The maximum absolute atomic E-state index is 9.41. The van der Waals surface area contributed by atoms with Gasteiger partial charge in [-0.2, -0.15) is 4.91 Å². The number of hydrogen-bond donors (Lipinski definition) is 0. The molecule has 0 unspecified atom stereocenters. The topological polar surface area (TPSA) is 38.7 Å². The van der Waals surface area contributed by atoms with Gasteiger partial charge in [0.05, 0.1) is 6.26 Å². The Labute approximate surface area is 48.3 Å². The molecule has 3 nitrogen and oxygen atoms in total. The number of rotatable bonds is 4. The summed E-state index contributed by atoms with van der Waals surface area (Å²) in [5.41, 5.74) is 0. The van der Waals surface area contributed by atoms with E-state index < -0.39 is 0 Å². The van der Waals surface area contributed by atoms with E-state index in [0.717, 1.165) is 0 Å². The van der Waals surface area contributed by atoms with E-state index in [2.05, 4.69) is 5.18 Å². The molecular formula is C5H9NO2. The molecule has 0 aliphatic carbocycles. The van der Waals surface area contributed by atoms with E-state index in [9.17, 15) is 4.91 Å². The highest BCUT2D eigenvalue weighted by molar-refractivity contribution is 4.64. The van der Waals surface area contributed by atoms with Crippen LogP contribution in [0.3, 0.4) is 0 Å². The van der Waals surface area contributed by atoms with Crippen LogP contribution in [0, 0.1) is 4.91 Å². The van der Waals surface area contributed by atoms with Crippen LogP contribution in [-0.2, 0) is 4.74 Å². The lowest BCUT2D eigenvalue weighted by Gasteiger charge is -1.90. The van der Waals surface area contributed by atoms with Gasteiger partial charge in [0.25, 0.3) is 0 Å². The summed E-state index contributed by atoms with van der Waals surface area (Å²) in [6.07, 6.45) is 3.29. The van der Waals surface area contributed by atoms with Crippen molar-refractivity contribution in [1.82, 2.24) is 0 Å². The molecule has 0 spiro atoms. The van der Waals surface area contributed by atoms with E-state index in [1.165, 1.54) is 6.26 Å². The van der Waals surface area contributed by atoms with Crippen LogP contribution in [-0.4, -0.2) is 13.2 Å². The molecule has 0 aliphatic heterocycles. The zero-order chi connectivity index (χ0) is 6.24. The molecule has 0 rings (SSSR count). The van der Waals surface area contributed by atoms with Crippen LogP contribution >= 0.6 is 0 Å². The fraction of sp³-hybridized carbons (Fsp3) is 0.600. The monoisotopic (exact) mass is 115 g/mol. The lowest BCUT2D eigenvalue weighted by atomic mass is 10.7. The van der Waals surface area contributed by atoms with Gasteiger partial charge in [-0.15, -0.1) is 0 Å². The van der Waals surface area contributed by atoms with Crippen LogP contribution in [0.15, 0.2) is 17.5 Å². The summed E-state index contributed by atoms with van der Waals surface area (Å²) in [5, 5.41) is 2.60. The van der Waals surface area contributed by atoms with Gasteiger partial charge in [-0.1, -0.05) is 11.3 Å². The lowest BCUT2D eigenvalue weighted by Crippen LogP contribution is -1.89. The molecule has 0 atom stereocenters. The van der Waals surface area contributed by atoms with Crippen molar-refractivity contribution in [1.29, 1.82) is 0 Å². The molecule has 0 heterocycles. The molecular weight excluding hydrogens is 106 g/mol. The zero-order valence-corrected chi connectivity index (χ0v) is 4.83. The molecule has 0 radical (unpaired) electrons. The third-order valence-electron chi connectivity index (χ3n) is 0.533. The maximum atomic E-state index is 9.41. The number of nitrogens with zero attached hydrogens (tertiary/aromatic N) is 1. The molecule has 0 N–H and O–H groups in total. The Morgan fingerprint density at radius 1 is 1.75 bits per heavy atom. The van der Waals surface area contributed by atoms with Crippen molar-refractivity contribution < 1.29 is 4.74 Å². The number of hydrogen-bond acceptors (Lipinski definition) is 3. The molecule has 0 bridgehead atoms. The van der Waals surface area contributed by atoms with Gasteiger partial charge < -0.3 is 4.74 Å². The first-order valence-corrected chi connectivity index (χ1v) is 2.43. The summed E-state index contributed by atoms with van der Waals surface area (Å²) in [4.78, 5) is 9.41. The Bertz CT molecular complexity index is 80.5. The Hall–Kier alpha value is -0.860. The van der Waals surface area contributed by atoms with Crippen LogP contribution < -0.4 is 0 Å². The number of allylic oxidation sites excluding steroid dienone is 1. The molecule has 46 valence electrons. The highest BCUT2D eigenvalue weighted by atomic mass is 16.5. The van der Waals surface area contributed by atoms with E-state index in [-0.39, 0.29) is 6.54 Å². The van der Waals surface area contributed by atoms with Crippen molar-refractivity contribution in [2.45, 2.75) is 6.92 Å². The van der Waals surface area contributed by atoms with E-state index in [0.29, 0.717) is 6.61 Å². The van der Waals surface area contributed by atoms with Gasteiger partial charge in [0.1, 0.15) is 13.2 Å². The Morgan fingerprint density at radius 3 is 3.00 bits per heavy atom. The Kier molecular flexibility index (Phi) is 5.48. The average Bonchev–Trinajstić information content (AvgIpc) is 1.81. The average molecular weight is 115 g/mol. The van der Waals surface area contributed by atoms with Crippen LogP contribution in [0.25, 0.3) is 0 Å². The molecule has 0 aliphatic rings. The molecule has 0 aromatic heterocycles. The van der Waals surface area contributed by atoms with Gasteiger partial charge in [-0.25, -0.2) is 0 Å². The molecule has 0 saturated carbocycles. The molecule has 0 saturated heterocycles. The van der Waals surface area contributed by atoms with E-state index in [4.69, 9.17) is 4.74 Å². The van der Waals surface area contributed by atoms with Gasteiger partial charge in [0.15, 0.2) is 0 Å². The minimum Gasteiger partial charge on any atom is -0.499 e. The van der Waals surface area contributed by atoms with Crippen LogP contribution in [0.2, 0.25) is 0 Å². The second-order valence-corrected chi connectivity index (χ2v) is 1.19. The molecule has 0 aromatic carbocycles. The van der Waals surface area contributed by atoms with E-state index in [1.54, 1.807) is 6.08 Å². The normalized spacial score (nSPS) is 9.62. The van der Waals surface area contributed by atoms with Gasteiger partial charge in [0, 0.05) is 0 Å². The maximum Gasteiger partial charge on any atom is 0.115 e. The van der Waals surface area contributed by atoms with Gasteiger partial charge in [0.2, 0.25) is 0 Å². The predicted molar refractivity (Wildman–Crippen MR) is 31.4 cm³/mol. The Balaban J connectivity index is 2.82. The smallest absolute Gasteiger partial charge is 0.115 e. The van der Waals surface area contributed by atoms with Crippen molar-refractivity contribution in [2.75, 3.05) is 13.2 Å². The summed E-state index contributed by atoms with van der Waals surface area (Å²) in [7, 11) is 0. The summed E-state index contributed by atoms with van der Waals surface area (Å²) in [5.74, 6) is 0. The third-order valence-corrected chi connectivity index (χ3v) is 0.533. The van der Waals surface area contributed by atoms with Crippen molar-refractivity contribution in [3.8, 4) is 0 Å². The van der Waals surface area contributed by atoms with Crippen LogP contribution in [0.1, 0.15) is 6.92 Å². The quantitative estimate of drug-likeness (QED) is 0.314. The van der Waals surface area contributed by atoms with Crippen LogP contribution in [0.5, 0.6) is 0 Å². The number of ether oxygens (including phenoxy) is 1. The fourth-order valence-electron chi connectivity index (χ4n) is 0.254.